The number of nitrogens with one attached hydrogen (secondary N) is 2. The molecule has 0 bridgehead atoms. The molecule has 1 amide bonds. The average molecular weight is 493 g/mol. The van der Waals surface area contributed by atoms with E-state index in [1.165, 1.54) is 0 Å². The summed E-state index contributed by atoms with van der Waals surface area (Å²) in [7, 11) is 0. The van der Waals surface area contributed by atoms with Gasteiger partial charge < -0.3 is 30.7 Å². The van der Waals surface area contributed by atoms with Crippen LogP contribution in [0.1, 0.15) is 41.3 Å². The predicted octanol–water partition coefficient (Wildman–Crippen LogP) is 3.79. The van der Waals surface area contributed by atoms with Crippen LogP contribution in [0, 0.1) is 0 Å². The largest absolute Gasteiger partial charge is 0.508 e. The molecule has 36 heavy (non-hydrogen) atoms. The van der Waals surface area contributed by atoms with Gasteiger partial charge >= 0.3 is 5.97 Å². The lowest BCUT2D eigenvalue weighted by molar-refractivity contribution is -0.117. The van der Waals surface area contributed by atoms with E-state index >= 15 is 0 Å². The summed E-state index contributed by atoms with van der Waals surface area (Å²) in [4.78, 5) is 22.7. The van der Waals surface area contributed by atoms with Crippen molar-refractivity contribution < 1.29 is 29.6 Å². The fraction of sp³-hybridized carbons (Fsp3) is 0.286. The summed E-state index contributed by atoms with van der Waals surface area (Å²) in [6, 6.07) is 21.0. The number of anilines is 1. The first-order valence-electron chi connectivity index (χ1n) is 11.8. The number of hydrogen-bond acceptors (Lipinski definition) is 6. The summed E-state index contributed by atoms with van der Waals surface area (Å²) in [5, 5.41) is 34.6. The summed E-state index contributed by atoms with van der Waals surface area (Å²) >= 11 is 0. The molecule has 0 spiro atoms. The van der Waals surface area contributed by atoms with Gasteiger partial charge in [-0.3, -0.25) is 4.79 Å². The number of carboxylic acid groups (broad SMARTS) is 1. The Morgan fingerprint density at radius 2 is 1.72 bits per heavy atom. The summed E-state index contributed by atoms with van der Waals surface area (Å²) in [5.41, 5.74) is 2.53. The van der Waals surface area contributed by atoms with E-state index in [0.29, 0.717) is 35.5 Å². The molecule has 0 fully saturated rings. The molecule has 0 aromatic heterocycles. The molecule has 3 aromatic rings. The van der Waals surface area contributed by atoms with Crippen molar-refractivity contribution >= 4 is 17.6 Å². The van der Waals surface area contributed by atoms with Crippen LogP contribution in [0.2, 0.25) is 0 Å². The van der Waals surface area contributed by atoms with Crippen molar-refractivity contribution in [1.29, 1.82) is 0 Å². The van der Waals surface area contributed by atoms with Crippen molar-refractivity contribution in [3.05, 3.63) is 89.5 Å². The Morgan fingerprint density at radius 3 is 2.36 bits per heavy atom. The zero-order chi connectivity index (χ0) is 26.1. The number of aromatic hydroxyl groups is 1. The Morgan fingerprint density at radius 1 is 1.03 bits per heavy atom. The second-order valence-corrected chi connectivity index (χ2v) is 8.79. The second kappa shape index (κ2) is 12.7. The highest BCUT2D eigenvalue weighted by Crippen LogP contribution is 2.41. The van der Waals surface area contributed by atoms with Gasteiger partial charge in [0.2, 0.25) is 5.91 Å². The van der Waals surface area contributed by atoms with Gasteiger partial charge in [0.25, 0.3) is 0 Å². The normalized spacial score (nSPS) is 14.9. The summed E-state index contributed by atoms with van der Waals surface area (Å²) < 4.78 is 5.84. The molecular weight excluding hydrogens is 460 g/mol. The monoisotopic (exact) mass is 492 g/mol. The number of aromatic carboxylic acids is 1. The number of rotatable bonds is 9. The number of benzene rings is 3. The maximum atomic E-state index is 12.5. The third kappa shape index (κ3) is 7.31. The Balaban J connectivity index is 0.000000338. The molecule has 4 rings (SSSR count). The highest BCUT2D eigenvalue weighted by molar-refractivity contribution is 6.04. The number of ether oxygens (including phenoxy) is 1. The summed E-state index contributed by atoms with van der Waals surface area (Å²) in [6.45, 7) is 4.59. The van der Waals surface area contributed by atoms with Crippen LogP contribution in [0.25, 0.3) is 0 Å². The lowest BCUT2D eigenvalue weighted by Crippen LogP contribution is -2.35. The van der Waals surface area contributed by atoms with Gasteiger partial charge in [0.15, 0.2) is 0 Å². The molecule has 1 heterocycles. The van der Waals surface area contributed by atoms with Crippen LogP contribution in [0.4, 0.5) is 5.69 Å². The smallest absolute Gasteiger partial charge is 0.335 e. The Labute approximate surface area is 210 Å². The lowest BCUT2D eigenvalue weighted by Gasteiger charge is -2.18. The number of phenols is 1. The first-order valence-corrected chi connectivity index (χ1v) is 11.8. The van der Waals surface area contributed by atoms with Crippen LogP contribution in [-0.2, 0) is 11.2 Å². The Bertz CT molecular complexity index is 1170. The molecule has 0 saturated carbocycles. The molecule has 1 aliphatic rings. The lowest BCUT2D eigenvalue weighted by atomic mass is 9.92. The van der Waals surface area contributed by atoms with Crippen LogP contribution < -0.4 is 15.4 Å². The molecule has 8 nitrogen and oxygen atoms in total. The van der Waals surface area contributed by atoms with Crippen LogP contribution in [0.3, 0.4) is 0 Å². The van der Waals surface area contributed by atoms with E-state index in [1.807, 2.05) is 38.1 Å². The fourth-order valence-electron chi connectivity index (χ4n) is 3.78. The van der Waals surface area contributed by atoms with Gasteiger partial charge in [-0.15, -0.1) is 0 Å². The van der Waals surface area contributed by atoms with Crippen molar-refractivity contribution in [2.75, 3.05) is 18.5 Å². The topological polar surface area (TPSA) is 128 Å². The second-order valence-electron chi connectivity index (χ2n) is 8.79. The van der Waals surface area contributed by atoms with Gasteiger partial charge in [-0.25, -0.2) is 4.79 Å². The minimum atomic E-state index is -0.879. The molecule has 3 aromatic carbocycles. The van der Waals surface area contributed by atoms with E-state index in [1.54, 1.807) is 48.5 Å². The van der Waals surface area contributed by atoms with Crippen LogP contribution in [-0.4, -0.2) is 52.5 Å². The third-order valence-corrected chi connectivity index (χ3v) is 5.62. The number of phenolic OH excluding ortho intramolecular Hbond substituents is 1. The molecule has 2 unspecified atom stereocenters. The van der Waals surface area contributed by atoms with Gasteiger partial charge in [-0.05, 0) is 42.3 Å². The van der Waals surface area contributed by atoms with E-state index < -0.39 is 18.0 Å². The van der Waals surface area contributed by atoms with Crippen molar-refractivity contribution in [2.24, 2.45) is 0 Å². The first kappa shape index (κ1) is 26.7. The van der Waals surface area contributed by atoms with E-state index in [2.05, 4.69) is 10.6 Å². The number of aliphatic hydroxyl groups is 1. The quantitative estimate of drug-likeness (QED) is 0.307. The van der Waals surface area contributed by atoms with Crippen LogP contribution in [0.15, 0.2) is 72.8 Å². The van der Waals surface area contributed by atoms with E-state index in [4.69, 9.17) is 9.84 Å². The number of carbonyl (C=O) groups is 2. The van der Waals surface area contributed by atoms with Gasteiger partial charge in [0.05, 0.1) is 11.5 Å². The van der Waals surface area contributed by atoms with Crippen molar-refractivity contribution in [1.82, 2.24) is 5.32 Å². The Hall–Kier alpha value is -3.88. The number of aliphatic hydroxyl groups excluding tert-OH is 1. The maximum Gasteiger partial charge on any atom is 0.335 e. The molecule has 1 aliphatic heterocycles. The van der Waals surface area contributed by atoms with Gasteiger partial charge in [0, 0.05) is 23.8 Å². The van der Waals surface area contributed by atoms with E-state index in [9.17, 15) is 19.8 Å². The molecule has 8 heteroatoms. The van der Waals surface area contributed by atoms with Crippen molar-refractivity contribution in [3.8, 4) is 11.5 Å². The highest BCUT2D eigenvalue weighted by Gasteiger charge is 2.34. The summed E-state index contributed by atoms with van der Waals surface area (Å²) in [6.07, 6.45) is -0.270. The summed E-state index contributed by atoms with van der Waals surface area (Å²) in [5.74, 6) is -0.695. The standard InChI is InChI=1S/C21H26N2O4.C7H6O2/c1-13(2)22-11-15(24)12-27-19-9-5-7-17-20(19)16(21(26)23-17)10-14-6-3-4-8-18(14)25;8-7(9)6-4-2-1-3-5-6/h3-9,13,15-16,22,24-25H,10-12H2,1-2H3,(H,23,26);1-5H,(H,8,9). The molecule has 0 aliphatic carbocycles. The van der Waals surface area contributed by atoms with Crippen LogP contribution >= 0.6 is 0 Å². The fourth-order valence-corrected chi connectivity index (χ4v) is 3.78. The molecular formula is C28H32N2O6. The number of hydrogen-bond donors (Lipinski definition) is 5. The van der Waals surface area contributed by atoms with Gasteiger partial charge in [-0.2, -0.15) is 0 Å². The van der Waals surface area contributed by atoms with Gasteiger partial charge in [-0.1, -0.05) is 56.3 Å². The van der Waals surface area contributed by atoms with E-state index in [-0.39, 0.29) is 24.3 Å². The third-order valence-electron chi connectivity index (χ3n) is 5.62. The van der Waals surface area contributed by atoms with Crippen molar-refractivity contribution in [3.63, 3.8) is 0 Å². The Kier molecular flexibility index (Phi) is 9.44. The number of carboxylic acids is 1. The molecule has 0 saturated heterocycles. The number of fused-ring (bicyclic) bond motifs is 1. The SMILES string of the molecule is CC(C)NCC(O)COc1cccc2c1C(Cc1ccccc1O)C(=O)N2.O=C(O)c1ccccc1. The zero-order valence-electron chi connectivity index (χ0n) is 20.3. The number of carbonyl (C=O) groups excluding carboxylic acids is 1. The number of amides is 1. The van der Waals surface area contributed by atoms with Crippen LogP contribution in [0.5, 0.6) is 11.5 Å². The highest BCUT2D eigenvalue weighted by atomic mass is 16.5. The molecule has 5 N–H and O–H groups in total. The van der Waals surface area contributed by atoms with Crippen molar-refractivity contribution in [2.45, 2.75) is 38.3 Å². The number of para-hydroxylation sites is 1. The maximum absolute atomic E-state index is 12.5. The zero-order valence-corrected chi connectivity index (χ0v) is 20.3. The molecule has 190 valence electrons. The average Bonchev–Trinajstić information content (AvgIpc) is 3.19. The van der Waals surface area contributed by atoms with Gasteiger partial charge in [0.1, 0.15) is 24.2 Å². The van der Waals surface area contributed by atoms with E-state index in [0.717, 1.165) is 5.56 Å². The first-order chi connectivity index (χ1) is 17.3. The minimum Gasteiger partial charge on any atom is -0.508 e. The predicted molar refractivity (Wildman–Crippen MR) is 138 cm³/mol. The molecule has 0 radical (unpaired) electrons. The minimum absolute atomic E-state index is 0.119. The molecule has 2 atom stereocenters.